The van der Waals surface area contributed by atoms with Crippen molar-refractivity contribution in [2.45, 2.75) is 26.9 Å². The fourth-order valence-electron chi connectivity index (χ4n) is 4.44. The molecule has 3 aromatic rings. The summed E-state index contributed by atoms with van der Waals surface area (Å²) in [4.78, 5) is 25.7. The SMILES string of the molecule is COc1cc(/C=C/C(=O)NC[C@@H](OC(=O)/C=C/c2cc(OC)c(OC)c(OC)c2)c2ccc(C)c(C)c2)cc(C)c1OC. The average Bonchev–Trinajstić information content (AvgIpc) is 3.01. The number of hydrogen-bond donors (Lipinski definition) is 1. The van der Waals surface area contributed by atoms with Crippen LogP contribution in [0, 0.1) is 20.8 Å². The van der Waals surface area contributed by atoms with Crippen LogP contribution in [0.2, 0.25) is 0 Å². The third kappa shape index (κ3) is 8.54. The van der Waals surface area contributed by atoms with Crippen molar-refractivity contribution in [3.05, 3.63) is 88.0 Å². The molecule has 0 spiro atoms. The fourth-order valence-corrected chi connectivity index (χ4v) is 4.44. The maximum absolute atomic E-state index is 12.9. The van der Waals surface area contributed by atoms with Crippen LogP contribution in [0.3, 0.4) is 0 Å². The Morgan fingerprint density at radius 3 is 1.79 bits per heavy atom. The Morgan fingerprint density at radius 1 is 0.674 bits per heavy atom. The van der Waals surface area contributed by atoms with E-state index in [1.54, 1.807) is 44.6 Å². The molecule has 0 saturated carbocycles. The van der Waals surface area contributed by atoms with Crippen molar-refractivity contribution >= 4 is 24.0 Å². The van der Waals surface area contributed by atoms with Crippen LogP contribution >= 0.6 is 0 Å². The molecule has 0 unspecified atom stereocenters. The van der Waals surface area contributed by atoms with Crippen molar-refractivity contribution < 1.29 is 38.0 Å². The van der Waals surface area contributed by atoms with Gasteiger partial charge in [0.1, 0.15) is 6.10 Å². The Morgan fingerprint density at radius 2 is 1.23 bits per heavy atom. The van der Waals surface area contributed by atoms with E-state index in [0.717, 1.165) is 27.8 Å². The van der Waals surface area contributed by atoms with Gasteiger partial charge in [0.15, 0.2) is 23.0 Å². The van der Waals surface area contributed by atoms with Crippen molar-refractivity contribution in [3.8, 4) is 28.7 Å². The Kier molecular flexibility index (Phi) is 11.6. The highest BCUT2D eigenvalue weighted by Crippen LogP contribution is 2.38. The largest absolute Gasteiger partial charge is 0.493 e. The summed E-state index contributed by atoms with van der Waals surface area (Å²) in [5, 5.41) is 2.84. The molecule has 0 aliphatic heterocycles. The van der Waals surface area contributed by atoms with Crippen LogP contribution in [0.4, 0.5) is 0 Å². The highest BCUT2D eigenvalue weighted by Gasteiger charge is 2.18. The van der Waals surface area contributed by atoms with Gasteiger partial charge in [-0.1, -0.05) is 18.2 Å². The number of amides is 1. The predicted octanol–water partition coefficient (Wildman–Crippen LogP) is 5.78. The molecule has 1 atom stereocenters. The number of methoxy groups -OCH3 is 5. The zero-order chi connectivity index (χ0) is 31.5. The van der Waals surface area contributed by atoms with Crippen molar-refractivity contribution in [2.24, 2.45) is 0 Å². The number of nitrogens with one attached hydrogen (secondary N) is 1. The number of esters is 1. The summed E-state index contributed by atoms with van der Waals surface area (Å²) in [6.45, 7) is 5.95. The quantitative estimate of drug-likeness (QED) is 0.198. The summed E-state index contributed by atoms with van der Waals surface area (Å²) in [5.74, 6) is 1.66. The topological polar surface area (TPSA) is 102 Å². The van der Waals surface area contributed by atoms with Crippen LogP contribution in [-0.2, 0) is 14.3 Å². The van der Waals surface area contributed by atoms with Crippen LogP contribution < -0.4 is 29.0 Å². The molecule has 0 fully saturated rings. The summed E-state index contributed by atoms with van der Waals surface area (Å²) in [5.41, 5.74) is 5.22. The Labute approximate surface area is 253 Å². The zero-order valence-electron chi connectivity index (χ0n) is 25.9. The van der Waals surface area contributed by atoms with E-state index in [0.29, 0.717) is 34.3 Å². The normalized spacial score (nSPS) is 11.7. The number of hydrogen-bond acceptors (Lipinski definition) is 8. The second kappa shape index (κ2) is 15.3. The third-order valence-corrected chi connectivity index (χ3v) is 6.84. The van der Waals surface area contributed by atoms with Gasteiger partial charge in [-0.15, -0.1) is 0 Å². The van der Waals surface area contributed by atoms with Gasteiger partial charge in [-0.2, -0.15) is 0 Å². The van der Waals surface area contributed by atoms with E-state index in [2.05, 4.69) is 5.32 Å². The van der Waals surface area contributed by atoms with Gasteiger partial charge in [0, 0.05) is 12.2 Å². The van der Waals surface area contributed by atoms with Crippen LogP contribution in [0.25, 0.3) is 12.2 Å². The molecule has 0 bridgehead atoms. The monoisotopic (exact) mass is 589 g/mol. The van der Waals surface area contributed by atoms with E-state index in [4.69, 9.17) is 28.4 Å². The molecular formula is C34H39NO8. The van der Waals surface area contributed by atoms with E-state index in [1.807, 2.05) is 45.0 Å². The summed E-state index contributed by atoms with van der Waals surface area (Å²) >= 11 is 0. The first-order chi connectivity index (χ1) is 20.6. The zero-order valence-corrected chi connectivity index (χ0v) is 25.9. The molecule has 3 aromatic carbocycles. The fraction of sp³-hybridized carbons (Fsp3) is 0.294. The standard InChI is InChI=1S/C34H39NO8/c1-21-9-12-26(16-22(21)2)30(20-35-31(36)13-10-24-15-23(3)33(41-7)27(17-24)38-4)43-32(37)14-11-25-18-28(39-5)34(42-8)29(19-25)40-6/h9-19,30H,20H2,1-8H3,(H,35,36)/b13-10+,14-11+/t30-/m1/s1. The van der Waals surface area contributed by atoms with Crippen molar-refractivity contribution in [2.75, 3.05) is 42.1 Å². The third-order valence-electron chi connectivity index (χ3n) is 6.84. The number of aryl methyl sites for hydroxylation is 3. The smallest absolute Gasteiger partial charge is 0.331 e. The molecule has 43 heavy (non-hydrogen) atoms. The number of carbonyl (C=O) groups excluding carboxylic acids is 2. The highest BCUT2D eigenvalue weighted by atomic mass is 16.5. The molecule has 0 aliphatic rings. The number of rotatable bonds is 13. The van der Waals surface area contributed by atoms with Gasteiger partial charge in [0.25, 0.3) is 0 Å². The van der Waals surface area contributed by atoms with Gasteiger partial charge in [0.2, 0.25) is 11.7 Å². The van der Waals surface area contributed by atoms with Crippen molar-refractivity contribution in [1.82, 2.24) is 5.32 Å². The lowest BCUT2D eigenvalue weighted by molar-refractivity contribution is -0.143. The van der Waals surface area contributed by atoms with Gasteiger partial charge >= 0.3 is 5.97 Å². The number of carbonyl (C=O) groups is 2. The molecule has 0 aromatic heterocycles. The summed E-state index contributed by atoms with van der Waals surface area (Å²) < 4.78 is 32.7. The van der Waals surface area contributed by atoms with E-state index in [9.17, 15) is 9.59 Å². The minimum absolute atomic E-state index is 0.0698. The summed E-state index contributed by atoms with van der Waals surface area (Å²) in [7, 11) is 7.70. The average molecular weight is 590 g/mol. The molecule has 9 heteroatoms. The molecular weight excluding hydrogens is 550 g/mol. The van der Waals surface area contributed by atoms with Gasteiger partial charge in [-0.05, 0) is 90.6 Å². The van der Waals surface area contributed by atoms with Crippen LogP contribution in [-0.4, -0.2) is 54.0 Å². The van der Waals surface area contributed by atoms with Gasteiger partial charge < -0.3 is 33.7 Å². The van der Waals surface area contributed by atoms with Gasteiger partial charge in [0.05, 0.1) is 42.1 Å². The van der Waals surface area contributed by atoms with Crippen LogP contribution in [0.5, 0.6) is 28.7 Å². The maximum Gasteiger partial charge on any atom is 0.331 e. The first kappa shape index (κ1) is 32.6. The molecule has 0 heterocycles. The van der Waals surface area contributed by atoms with E-state index in [-0.39, 0.29) is 12.5 Å². The molecule has 0 aliphatic carbocycles. The molecule has 0 saturated heterocycles. The first-order valence-corrected chi connectivity index (χ1v) is 13.6. The van der Waals surface area contributed by atoms with E-state index >= 15 is 0 Å². The molecule has 9 nitrogen and oxygen atoms in total. The molecule has 3 rings (SSSR count). The molecule has 1 amide bonds. The Balaban J connectivity index is 1.77. The van der Waals surface area contributed by atoms with Crippen LogP contribution in [0.1, 0.15) is 39.5 Å². The minimum Gasteiger partial charge on any atom is -0.493 e. The second-order valence-electron chi connectivity index (χ2n) is 9.71. The molecule has 0 radical (unpaired) electrons. The summed E-state index contributed by atoms with van der Waals surface area (Å²) in [6, 6.07) is 12.9. The number of benzene rings is 3. The van der Waals surface area contributed by atoms with Crippen molar-refractivity contribution in [3.63, 3.8) is 0 Å². The van der Waals surface area contributed by atoms with Crippen molar-refractivity contribution in [1.29, 1.82) is 0 Å². The second-order valence-corrected chi connectivity index (χ2v) is 9.71. The van der Waals surface area contributed by atoms with E-state index < -0.39 is 12.1 Å². The van der Waals surface area contributed by atoms with Gasteiger partial charge in [-0.3, -0.25) is 4.79 Å². The number of ether oxygens (including phenoxy) is 6. The summed E-state index contributed by atoms with van der Waals surface area (Å²) in [6.07, 6.45) is 5.29. The highest BCUT2D eigenvalue weighted by molar-refractivity contribution is 5.92. The minimum atomic E-state index is -0.725. The van der Waals surface area contributed by atoms with Crippen LogP contribution in [0.15, 0.2) is 54.6 Å². The molecule has 1 N–H and O–H groups in total. The van der Waals surface area contributed by atoms with Gasteiger partial charge in [-0.25, -0.2) is 4.79 Å². The predicted molar refractivity (Wildman–Crippen MR) is 166 cm³/mol. The Bertz CT molecular complexity index is 1480. The lowest BCUT2D eigenvalue weighted by Crippen LogP contribution is -2.29. The lowest BCUT2D eigenvalue weighted by atomic mass is 10.0. The first-order valence-electron chi connectivity index (χ1n) is 13.6. The molecule has 228 valence electrons. The maximum atomic E-state index is 12.9. The van der Waals surface area contributed by atoms with E-state index in [1.165, 1.54) is 33.5 Å². The Hall–Kier alpha value is -4.92. The lowest BCUT2D eigenvalue weighted by Gasteiger charge is -2.19.